The molecule has 1 aromatic carbocycles. The number of thiophene rings is 1. The van der Waals surface area contributed by atoms with Gasteiger partial charge in [0.25, 0.3) is 5.91 Å². The van der Waals surface area contributed by atoms with E-state index in [0.717, 1.165) is 17.7 Å². The van der Waals surface area contributed by atoms with Gasteiger partial charge in [0.05, 0.1) is 9.21 Å². The van der Waals surface area contributed by atoms with E-state index in [4.69, 9.17) is 21.9 Å². The third-order valence-electron chi connectivity index (χ3n) is 3.84. The predicted octanol–water partition coefficient (Wildman–Crippen LogP) is 4.39. The third-order valence-corrected chi connectivity index (χ3v) is 5.08. The Morgan fingerprint density at radius 3 is 2.76 bits per heavy atom. The Labute approximate surface area is 154 Å². The second-order valence-electron chi connectivity index (χ2n) is 5.77. The Morgan fingerprint density at radius 2 is 2.08 bits per heavy atom. The lowest BCUT2D eigenvalue weighted by Gasteiger charge is -2.13. The largest absolute Gasteiger partial charge is 0.367 e. The van der Waals surface area contributed by atoms with Crippen molar-refractivity contribution in [1.82, 2.24) is 10.5 Å². The van der Waals surface area contributed by atoms with Crippen molar-refractivity contribution >= 4 is 34.7 Å². The van der Waals surface area contributed by atoms with E-state index in [9.17, 15) is 4.79 Å². The van der Waals surface area contributed by atoms with Crippen LogP contribution in [0.5, 0.6) is 0 Å². The van der Waals surface area contributed by atoms with Crippen LogP contribution in [0.15, 0.2) is 47.0 Å². The summed E-state index contributed by atoms with van der Waals surface area (Å²) in [6, 6.07) is 13.7. The lowest BCUT2D eigenvalue weighted by molar-refractivity contribution is 0.0939. The van der Waals surface area contributed by atoms with Crippen LogP contribution >= 0.6 is 22.9 Å². The van der Waals surface area contributed by atoms with Crippen molar-refractivity contribution in [3.8, 4) is 10.6 Å². The van der Waals surface area contributed by atoms with Crippen molar-refractivity contribution < 1.29 is 9.32 Å². The van der Waals surface area contributed by atoms with Crippen LogP contribution in [0.4, 0.5) is 5.88 Å². The van der Waals surface area contributed by atoms with E-state index in [-0.39, 0.29) is 23.4 Å². The molecule has 0 saturated heterocycles. The van der Waals surface area contributed by atoms with E-state index >= 15 is 0 Å². The molecule has 2 heterocycles. The number of hydrogen-bond acceptors (Lipinski definition) is 5. The van der Waals surface area contributed by atoms with Gasteiger partial charge in [0.1, 0.15) is 11.3 Å². The fourth-order valence-corrected chi connectivity index (χ4v) is 3.56. The number of hydrogen-bond donors (Lipinski definition) is 2. The van der Waals surface area contributed by atoms with Gasteiger partial charge in [0.2, 0.25) is 5.88 Å². The molecule has 1 atom stereocenters. The number of aromatic nitrogens is 1. The summed E-state index contributed by atoms with van der Waals surface area (Å²) in [5.41, 5.74) is 7.72. The Hall–Kier alpha value is -2.31. The van der Waals surface area contributed by atoms with Crippen LogP contribution in [-0.2, 0) is 6.42 Å². The highest BCUT2D eigenvalue weighted by atomic mass is 35.5. The summed E-state index contributed by atoms with van der Waals surface area (Å²) < 4.78 is 5.63. The molecular formula is C18H18ClN3O2S. The van der Waals surface area contributed by atoms with E-state index in [1.54, 1.807) is 12.1 Å². The third kappa shape index (κ3) is 4.21. The quantitative estimate of drug-likeness (QED) is 0.669. The van der Waals surface area contributed by atoms with Crippen LogP contribution in [0.3, 0.4) is 0 Å². The summed E-state index contributed by atoms with van der Waals surface area (Å²) in [6.07, 6.45) is 1.70. The van der Waals surface area contributed by atoms with Gasteiger partial charge in [-0.3, -0.25) is 4.79 Å². The fraction of sp³-hybridized carbons (Fsp3) is 0.222. The first-order valence-corrected chi connectivity index (χ1v) is 9.09. The van der Waals surface area contributed by atoms with E-state index in [1.165, 1.54) is 16.9 Å². The number of halogens is 1. The number of nitrogen functional groups attached to an aromatic ring is 1. The number of benzene rings is 1. The number of nitrogens with two attached hydrogens (primary N) is 1. The molecule has 3 N–H and O–H groups in total. The summed E-state index contributed by atoms with van der Waals surface area (Å²) in [4.78, 5) is 13.4. The van der Waals surface area contributed by atoms with Crippen LogP contribution < -0.4 is 11.1 Å². The molecule has 5 nitrogen and oxygen atoms in total. The Bertz CT molecular complexity index is 860. The number of nitrogens with zero attached hydrogens (tertiary/aromatic N) is 1. The second-order valence-corrected chi connectivity index (χ2v) is 7.49. The first kappa shape index (κ1) is 17.5. The molecule has 0 saturated carbocycles. The number of amides is 1. The number of anilines is 1. The molecular weight excluding hydrogens is 358 g/mol. The Kier molecular flexibility index (Phi) is 5.40. The molecule has 1 amide bonds. The summed E-state index contributed by atoms with van der Waals surface area (Å²) in [7, 11) is 0. The highest BCUT2D eigenvalue weighted by molar-refractivity contribution is 7.19. The van der Waals surface area contributed by atoms with Crippen molar-refractivity contribution in [2.45, 2.75) is 25.8 Å². The molecule has 7 heteroatoms. The van der Waals surface area contributed by atoms with Gasteiger partial charge in [-0.05, 0) is 37.5 Å². The van der Waals surface area contributed by atoms with Gasteiger partial charge in [-0.15, -0.1) is 11.3 Å². The molecule has 3 rings (SSSR count). The molecule has 0 spiro atoms. The zero-order valence-corrected chi connectivity index (χ0v) is 15.2. The van der Waals surface area contributed by atoms with Crippen LogP contribution in [0.25, 0.3) is 10.6 Å². The van der Waals surface area contributed by atoms with Gasteiger partial charge in [-0.1, -0.05) is 47.1 Å². The topological polar surface area (TPSA) is 81.2 Å². The minimum absolute atomic E-state index is 0.00674. The smallest absolute Gasteiger partial charge is 0.259 e. The maximum absolute atomic E-state index is 12.6. The standard InChI is InChI=1S/C18H18ClN3O2S/c1-11(7-8-12-5-3-2-4-6-12)21-18(23)15-16(22-24-17(15)20)13-9-10-14(19)25-13/h2-6,9-11H,7-8,20H2,1H3,(H,21,23). The SMILES string of the molecule is CC(CCc1ccccc1)NC(=O)c1c(-c2ccc(Cl)s2)noc1N. The minimum Gasteiger partial charge on any atom is -0.367 e. The molecule has 1 unspecified atom stereocenters. The van der Waals surface area contributed by atoms with Gasteiger partial charge in [0, 0.05) is 6.04 Å². The summed E-state index contributed by atoms with van der Waals surface area (Å²) in [5, 5.41) is 6.88. The summed E-state index contributed by atoms with van der Waals surface area (Å²) >= 11 is 7.28. The van der Waals surface area contributed by atoms with Crippen molar-refractivity contribution in [2.75, 3.05) is 5.73 Å². The van der Waals surface area contributed by atoms with Crippen LogP contribution in [0, 0.1) is 0 Å². The number of nitrogens with one attached hydrogen (secondary N) is 1. The monoisotopic (exact) mass is 375 g/mol. The van der Waals surface area contributed by atoms with Crippen molar-refractivity contribution in [1.29, 1.82) is 0 Å². The molecule has 130 valence electrons. The van der Waals surface area contributed by atoms with Crippen molar-refractivity contribution in [3.05, 3.63) is 57.9 Å². The lowest BCUT2D eigenvalue weighted by atomic mass is 10.1. The molecule has 3 aromatic rings. The molecule has 0 aliphatic rings. The molecule has 0 aliphatic heterocycles. The summed E-state index contributed by atoms with van der Waals surface area (Å²) in [5.74, 6) is -0.286. The minimum atomic E-state index is -0.293. The number of aryl methyl sites for hydroxylation is 1. The van der Waals surface area contributed by atoms with E-state index in [2.05, 4.69) is 22.6 Å². The second kappa shape index (κ2) is 7.72. The zero-order chi connectivity index (χ0) is 17.8. The first-order valence-electron chi connectivity index (χ1n) is 7.90. The maximum atomic E-state index is 12.6. The predicted molar refractivity (Wildman–Crippen MR) is 101 cm³/mol. The molecule has 2 aromatic heterocycles. The van der Waals surface area contributed by atoms with Gasteiger partial charge >= 0.3 is 0 Å². The Balaban J connectivity index is 1.68. The number of rotatable bonds is 6. The molecule has 0 aliphatic carbocycles. The number of carbonyl (C=O) groups is 1. The molecule has 0 radical (unpaired) electrons. The van der Waals surface area contributed by atoms with E-state index < -0.39 is 0 Å². The first-order chi connectivity index (χ1) is 12.0. The van der Waals surface area contributed by atoms with Gasteiger partial charge in [0.15, 0.2) is 0 Å². The molecule has 0 bridgehead atoms. The van der Waals surface area contributed by atoms with E-state index in [1.807, 2.05) is 25.1 Å². The lowest BCUT2D eigenvalue weighted by Crippen LogP contribution is -2.33. The zero-order valence-electron chi connectivity index (χ0n) is 13.7. The fourth-order valence-electron chi connectivity index (χ4n) is 2.53. The van der Waals surface area contributed by atoms with Crippen LogP contribution in [0.2, 0.25) is 4.34 Å². The average molecular weight is 376 g/mol. The van der Waals surface area contributed by atoms with E-state index in [0.29, 0.717) is 10.0 Å². The highest BCUT2D eigenvalue weighted by Crippen LogP contribution is 2.34. The summed E-state index contributed by atoms with van der Waals surface area (Å²) in [6.45, 7) is 1.96. The number of carbonyl (C=O) groups excluding carboxylic acids is 1. The Morgan fingerprint density at radius 1 is 1.32 bits per heavy atom. The van der Waals surface area contributed by atoms with Crippen LogP contribution in [-0.4, -0.2) is 17.1 Å². The van der Waals surface area contributed by atoms with Gasteiger partial charge in [-0.2, -0.15) is 0 Å². The highest BCUT2D eigenvalue weighted by Gasteiger charge is 2.24. The average Bonchev–Trinajstić information content (AvgIpc) is 3.19. The van der Waals surface area contributed by atoms with Crippen LogP contribution in [0.1, 0.15) is 29.3 Å². The van der Waals surface area contributed by atoms with Crippen molar-refractivity contribution in [2.24, 2.45) is 0 Å². The maximum Gasteiger partial charge on any atom is 0.259 e. The van der Waals surface area contributed by atoms with Gasteiger partial charge < -0.3 is 15.6 Å². The van der Waals surface area contributed by atoms with Crippen molar-refractivity contribution in [3.63, 3.8) is 0 Å². The normalized spacial score (nSPS) is 12.1. The molecule has 0 fully saturated rings. The molecule has 25 heavy (non-hydrogen) atoms. The van der Waals surface area contributed by atoms with Gasteiger partial charge in [-0.25, -0.2) is 0 Å².